The standard InChI is InChI=1S/C49H87NO8/c1-3-5-7-9-11-13-15-17-19-21-22-23-24-26-28-30-32-34-36-38-43(52)42(41-57-49-48(56)47(55)46(54)44(40-51)58-49)50-45(53)39-37-35-33-31-29-27-25-20-18-16-14-12-10-8-6-4-2/h14,16,20,22-23,25,28,30,36,38,42-44,46-49,51-52,54-56H,3-13,15,17-19,21,24,26-27,29,31-35,37,39-41H2,1-2H3,(H,50,53)/b16-14-,23-22+,25-20-,30-28+,38-36+. The minimum atomic E-state index is -1.58. The van der Waals surface area contributed by atoms with Crippen molar-refractivity contribution in [1.82, 2.24) is 5.32 Å². The lowest BCUT2D eigenvalue weighted by molar-refractivity contribution is -0.302. The molecule has 0 bridgehead atoms. The largest absolute Gasteiger partial charge is 0.394 e. The Hall–Kier alpha value is -2.11. The Balaban J connectivity index is 2.41. The van der Waals surface area contributed by atoms with Crippen LogP contribution in [0.15, 0.2) is 60.8 Å². The first-order valence-electron chi connectivity index (χ1n) is 23.5. The Labute approximate surface area is 354 Å². The monoisotopic (exact) mass is 818 g/mol. The fourth-order valence-electron chi connectivity index (χ4n) is 6.98. The molecule has 0 aromatic carbocycles. The molecule has 7 atom stereocenters. The second-order valence-electron chi connectivity index (χ2n) is 16.2. The zero-order valence-corrected chi connectivity index (χ0v) is 36.8. The quantitative estimate of drug-likeness (QED) is 0.0267. The lowest BCUT2D eigenvalue weighted by atomic mass is 9.99. The van der Waals surface area contributed by atoms with E-state index >= 15 is 0 Å². The second kappa shape index (κ2) is 39.1. The van der Waals surface area contributed by atoms with Gasteiger partial charge in [0, 0.05) is 6.42 Å². The van der Waals surface area contributed by atoms with E-state index in [1.807, 2.05) is 6.08 Å². The number of nitrogens with one attached hydrogen (secondary N) is 1. The van der Waals surface area contributed by atoms with Crippen LogP contribution < -0.4 is 5.32 Å². The van der Waals surface area contributed by atoms with E-state index in [9.17, 15) is 30.3 Å². The third-order valence-electron chi connectivity index (χ3n) is 10.8. The van der Waals surface area contributed by atoms with Crippen molar-refractivity contribution in [3.8, 4) is 0 Å². The zero-order valence-electron chi connectivity index (χ0n) is 36.8. The molecule has 1 amide bonds. The molecule has 0 aromatic rings. The fraction of sp³-hybridized carbons (Fsp3) is 0.776. The molecule has 1 heterocycles. The van der Waals surface area contributed by atoms with E-state index in [2.05, 4.69) is 67.8 Å². The average molecular weight is 818 g/mol. The van der Waals surface area contributed by atoms with Gasteiger partial charge in [0.25, 0.3) is 0 Å². The van der Waals surface area contributed by atoms with Crippen LogP contribution in [0.3, 0.4) is 0 Å². The first-order valence-corrected chi connectivity index (χ1v) is 23.5. The molecular formula is C49H87NO8. The lowest BCUT2D eigenvalue weighted by Gasteiger charge is -2.40. The van der Waals surface area contributed by atoms with Gasteiger partial charge in [0.05, 0.1) is 25.4 Å². The van der Waals surface area contributed by atoms with Crippen molar-refractivity contribution in [2.45, 2.75) is 230 Å². The fourth-order valence-corrected chi connectivity index (χ4v) is 6.98. The molecule has 0 aromatic heterocycles. The summed E-state index contributed by atoms with van der Waals surface area (Å²) in [4.78, 5) is 12.9. The van der Waals surface area contributed by atoms with Crippen molar-refractivity contribution in [3.05, 3.63) is 60.8 Å². The molecule has 0 aliphatic carbocycles. The predicted octanol–water partition coefficient (Wildman–Crippen LogP) is 10.0. The van der Waals surface area contributed by atoms with Gasteiger partial charge in [-0.1, -0.05) is 164 Å². The van der Waals surface area contributed by atoms with Crippen molar-refractivity contribution in [1.29, 1.82) is 0 Å². The van der Waals surface area contributed by atoms with Crippen LogP contribution in [0.25, 0.3) is 0 Å². The second-order valence-corrected chi connectivity index (χ2v) is 16.2. The Bertz CT molecular complexity index is 1090. The summed E-state index contributed by atoms with van der Waals surface area (Å²) in [6.07, 6.45) is 44.0. The van der Waals surface area contributed by atoms with Gasteiger partial charge in [-0.25, -0.2) is 0 Å². The molecule has 1 aliphatic heterocycles. The van der Waals surface area contributed by atoms with E-state index in [0.29, 0.717) is 6.42 Å². The van der Waals surface area contributed by atoms with Gasteiger partial charge in [-0.3, -0.25) is 4.79 Å². The Morgan fingerprint density at radius 3 is 1.57 bits per heavy atom. The predicted molar refractivity (Wildman–Crippen MR) is 239 cm³/mol. The topological polar surface area (TPSA) is 149 Å². The molecule has 9 nitrogen and oxygen atoms in total. The molecule has 1 saturated heterocycles. The molecule has 1 fully saturated rings. The molecule has 0 radical (unpaired) electrons. The molecule has 9 heteroatoms. The van der Waals surface area contributed by atoms with E-state index in [-0.39, 0.29) is 12.5 Å². The molecule has 58 heavy (non-hydrogen) atoms. The van der Waals surface area contributed by atoms with Gasteiger partial charge in [0.1, 0.15) is 24.4 Å². The van der Waals surface area contributed by atoms with Crippen LogP contribution in [-0.4, -0.2) is 87.5 Å². The number of aliphatic hydroxyl groups is 5. The molecule has 0 saturated carbocycles. The number of unbranched alkanes of at least 4 members (excludes halogenated alkanes) is 20. The van der Waals surface area contributed by atoms with Crippen LogP contribution in [0.4, 0.5) is 0 Å². The molecule has 7 unspecified atom stereocenters. The van der Waals surface area contributed by atoms with Gasteiger partial charge in [0.15, 0.2) is 6.29 Å². The van der Waals surface area contributed by atoms with Crippen LogP contribution in [0.2, 0.25) is 0 Å². The van der Waals surface area contributed by atoms with Crippen LogP contribution >= 0.6 is 0 Å². The number of carbonyl (C=O) groups is 1. The molecule has 0 spiro atoms. The van der Waals surface area contributed by atoms with E-state index in [1.54, 1.807) is 6.08 Å². The van der Waals surface area contributed by atoms with Crippen LogP contribution in [0.5, 0.6) is 0 Å². The van der Waals surface area contributed by atoms with Gasteiger partial charge in [-0.15, -0.1) is 0 Å². The highest BCUT2D eigenvalue weighted by Crippen LogP contribution is 2.22. The lowest BCUT2D eigenvalue weighted by Crippen LogP contribution is -2.60. The number of allylic oxidation sites excluding steroid dienone is 9. The number of carbonyl (C=O) groups excluding carboxylic acids is 1. The molecule has 336 valence electrons. The van der Waals surface area contributed by atoms with Gasteiger partial charge < -0.3 is 40.3 Å². The first-order chi connectivity index (χ1) is 28.3. The number of amides is 1. The molecular weight excluding hydrogens is 731 g/mol. The van der Waals surface area contributed by atoms with E-state index in [0.717, 1.165) is 77.0 Å². The van der Waals surface area contributed by atoms with Gasteiger partial charge in [-0.2, -0.15) is 0 Å². The summed E-state index contributed by atoms with van der Waals surface area (Å²) < 4.78 is 11.2. The van der Waals surface area contributed by atoms with Crippen molar-refractivity contribution in [2.24, 2.45) is 0 Å². The van der Waals surface area contributed by atoms with Gasteiger partial charge >= 0.3 is 0 Å². The smallest absolute Gasteiger partial charge is 0.220 e. The first kappa shape index (κ1) is 53.9. The zero-order chi connectivity index (χ0) is 42.3. The third-order valence-corrected chi connectivity index (χ3v) is 10.8. The maximum absolute atomic E-state index is 12.9. The van der Waals surface area contributed by atoms with Gasteiger partial charge in [-0.05, 0) is 77.0 Å². The minimum absolute atomic E-state index is 0.207. The minimum Gasteiger partial charge on any atom is -0.394 e. The Morgan fingerprint density at radius 2 is 1.03 bits per heavy atom. The van der Waals surface area contributed by atoms with Crippen molar-refractivity contribution in [3.63, 3.8) is 0 Å². The highest BCUT2D eigenvalue weighted by Gasteiger charge is 2.44. The molecule has 1 aliphatic rings. The summed E-state index contributed by atoms with van der Waals surface area (Å²) in [6.45, 7) is 3.71. The maximum Gasteiger partial charge on any atom is 0.220 e. The van der Waals surface area contributed by atoms with E-state index in [1.165, 1.54) is 89.9 Å². The van der Waals surface area contributed by atoms with Crippen molar-refractivity contribution >= 4 is 5.91 Å². The Morgan fingerprint density at radius 1 is 0.586 bits per heavy atom. The number of rotatable bonds is 38. The van der Waals surface area contributed by atoms with Gasteiger partial charge in [0.2, 0.25) is 5.91 Å². The normalized spacial score (nSPS) is 21.4. The van der Waals surface area contributed by atoms with Crippen molar-refractivity contribution < 1.29 is 39.8 Å². The van der Waals surface area contributed by atoms with E-state index in [4.69, 9.17) is 9.47 Å². The molecule has 1 rings (SSSR count). The molecule has 6 N–H and O–H groups in total. The van der Waals surface area contributed by atoms with Crippen LogP contribution in [-0.2, 0) is 14.3 Å². The highest BCUT2D eigenvalue weighted by atomic mass is 16.7. The number of aliphatic hydroxyl groups excluding tert-OH is 5. The van der Waals surface area contributed by atoms with Crippen LogP contribution in [0.1, 0.15) is 187 Å². The summed E-state index contributed by atoms with van der Waals surface area (Å²) in [5.41, 5.74) is 0. The highest BCUT2D eigenvalue weighted by molar-refractivity contribution is 5.76. The van der Waals surface area contributed by atoms with E-state index < -0.39 is 49.5 Å². The third kappa shape index (κ3) is 29.2. The summed E-state index contributed by atoms with van der Waals surface area (Å²) >= 11 is 0. The summed E-state index contributed by atoms with van der Waals surface area (Å²) in [6, 6.07) is -0.836. The SMILES string of the molecule is CCCCCC/C=C\C/C=C\CCCCCCCC(=O)NC(COC1OC(CO)C(O)C(O)C1O)C(O)/C=C/CC/C=C/CC/C=C/CCCCCCCCCCC. The average Bonchev–Trinajstić information content (AvgIpc) is 3.22. The van der Waals surface area contributed by atoms with Crippen molar-refractivity contribution in [2.75, 3.05) is 13.2 Å². The summed E-state index contributed by atoms with van der Waals surface area (Å²) in [5.74, 6) is -0.207. The summed E-state index contributed by atoms with van der Waals surface area (Å²) in [5, 5.41) is 54.2. The number of ether oxygens (including phenoxy) is 2. The maximum atomic E-state index is 12.9. The number of hydrogen-bond acceptors (Lipinski definition) is 8. The Kier molecular flexibility index (Phi) is 36.3. The van der Waals surface area contributed by atoms with Crippen LogP contribution in [0, 0.1) is 0 Å². The number of hydrogen-bond donors (Lipinski definition) is 6. The summed E-state index contributed by atoms with van der Waals surface area (Å²) in [7, 11) is 0.